The number of para-hydroxylation sites is 1. The van der Waals surface area contributed by atoms with Gasteiger partial charge in [0.05, 0.1) is 11.2 Å². The van der Waals surface area contributed by atoms with Gasteiger partial charge in [0.1, 0.15) is 23.2 Å². The summed E-state index contributed by atoms with van der Waals surface area (Å²) < 4.78 is 6.42. The predicted octanol–water partition coefficient (Wildman–Crippen LogP) is 2.10. The Morgan fingerprint density at radius 1 is 1.55 bits per heavy atom. The van der Waals surface area contributed by atoms with Gasteiger partial charge in [-0.25, -0.2) is 0 Å². The summed E-state index contributed by atoms with van der Waals surface area (Å²) in [6.45, 7) is 1.55. The number of carbonyl (C=O) groups excluding carboxylic acids is 1. The zero-order chi connectivity index (χ0) is 14.7. The van der Waals surface area contributed by atoms with Crippen molar-refractivity contribution in [2.24, 2.45) is 0 Å². The number of aromatic nitrogens is 2. The molecule has 0 spiro atoms. The van der Waals surface area contributed by atoms with Crippen LogP contribution < -0.4 is 10.5 Å². The Morgan fingerprint density at radius 3 is 2.85 bits per heavy atom. The van der Waals surface area contributed by atoms with E-state index in [-0.39, 0.29) is 11.4 Å². The average Bonchev–Trinajstić information content (AvgIpc) is 2.81. The van der Waals surface area contributed by atoms with Crippen LogP contribution in [-0.4, -0.2) is 21.8 Å². The van der Waals surface area contributed by atoms with Gasteiger partial charge in [0.2, 0.25) is 0 Å². The fraction of sp³-hybridized carbons (Fsp3) is 0.154. The third-order valence-corrected chi connectivity index (χ3v) is 2.94. The van der Waals surface area contributed by atoms with E-state index in [4.69, 9.17) is 27.3 Å². The van der Waals surface area contributed by atoms with Crippen molar-refractivity contribution in [2.75, 3.05) is 5.73 Å². The van der Waals surface area contributed by atoms with E-state index in [0.717, 1.165) is 4.68 Å². The van der Waals surface area contributed by atoms with Crippen LogP contribution in [0.3, 0.4) is 0 Å². The molecular formula is C13H11ClN4O2. The smallest absolute Gasteiger partial charge is 0.289 e. The van der Waals surface area contributed by atoms with E-state index < -0.39 is 12.0 Å². The van der Waals surface area contributed by atoms with Gasteiger partial charge in [-0.05, 0) is 19.1 Å². The summed E-state index contributed by atoms with van der Waals surface area (Å²) in [6, 6.07) is 8.66. The van der Waals surface area contributed by atoms with E-state index in [2.05, 4.69) is 5.10 Å². The van der Waals surface area contributed by atoms with E-state index in [0.29, 0.717) is 10.8 Å². The van der Waals surface area contributed by atoms with E-state index >= 15 is 0 Å². The van der Waals surface area contributed by atoms with Crippen LogP contribution in [0, 0.1) is 11.3 Å². The Bertz CT molecular complexity index is 690. The average molecular weight is 291 g/mol. The summed E-state index contributed by atoms with van der Waals surface area (Å²) in [5, 5.41) is 13.0. The van der Waals surface area contributed by atoms with Crippen LogP contribution >= 0.6 is 11.6 Å². The SMILES string of the molecule is CC(Oc1ccccc1Cl)C(=O)n1ncc(C#N)c1N. The molecule has 1 atom stereocenters. The number of nitrogen functional groups attached to an aromatic ring is 1. The number of rotatable bonds is 3. The van der Waals surface area contributed by atoms with Gasteiger partial charge in [0.25, 0.3) is 5.91 Å². The maximum Gasteiger partial charge on any atom is 0.289 e. The summed E-state index contributed by atoms with van der Waals surface area (Å²) in [6.07, 6.45) is 0.388. The minimum Gasteiger partial charge on any atom is -0.479 e. The second-order valence-corrected chi connectivity index (χ2v) is 4.40. The Hall–Kier alpha value is -2.52. The van der Waals surface area contributed by atoms with Crippen molar-refractivity contribution < 1.29 is 9.53 Å². The molecule has 0 radical (unpaired) electrons. The normalized spacial score (nSPS) is 11.7. The molecule has 0 bridgehead atoms. The third-order valence-electron chi connectivity index (χ3n) is 2.62. The van der Waals surface area contributed by atoms with Gasteiger partial charge >= 0.3 is 0 Å². The van der Waals surface area contributed by atoms with Crippen LogP contribution in [0.15, 0.2) is 30.5 Å². The molecule has 1 aromatic carbocycles. The highest BCUT2D eigenvalue weighted by atomic mass is 35.5. The zero-order valence-corrected chi connectivity index (χ0v) is 11.3. The van der Waals surface area contributed by atoms with Crippen molar-refractivity contribution in [3.05, 3.63) is 41.0 Å². The van der Waals surface area contributed by atoms with Crippen LogP contribution in [-0.2, 0) is 0 Å². The second kappa shape index (κ2) is 5.63. The topological polar surface area (TPSA) is 93.9 Å². The van der Waals surface area contributed by atoms with Gasteiger partial charge < -0.3 is 10.5 Å². The van der Waals surface area contributed by atoms with E-state index in [1.807, 2.05) is 6.07 Å². The molecule has 2 aromatic rings. The summed E-state index contributed by atoms with van der Waals surface area (Å²) in [5.41, 5.74) is 5.79. The van der Waals surface area contributed by atoms with Crippen LogP contribution in [0.25, 0.3) is 0 Å². The minimum absolute atomic E-state index is 0.00731. The first kappa shape index (κ1) is 13.9. The second-order valence-electron chi connectivity index (χ2n) is 4.00. The molecule has 2 N–H and O–H groups in total. The van der Waals surface area contributed by atoms with E-state index in [1.54, 1.807) is 31.2 Å². The van der Waals surface area contributed by atoms with Gasteiger partial charge in [-0.3, -0.25) is 4.79 Å². The Kier molecular flexibility index (Phi) is 3.91. The fourth-order valence-electron chi connectivity index (χ4n) is 1.57. The van der Waals surface area contributed by atoms with E-state index in [9.17, 15) is 4.79 Å². The molecule has 1 unspecified atom stereocenters. The molecule has 20 heavy (non-hydrogen) atoms. The zero-order valence-electron chi connectivity index (χ0n) is 10.6. The van der Waals surface area contributed by atoms with Gasteiger partial charge in [-0.15, -0.1) is 0 Å². The quantitative estimate of drug-likeness (QED) is 0.934. The first-order chi connectivity index (χ1) is 9.54. The number of benzene rings is 1. The van der Waals surface area contributed by atoms with Crippen molar-refractivity contribution in [1.82, 2.24) is 9.78 Å². The number of hydrogen-bond donors (Lipinski definition) is 1. The number of halogens is 1. The molecule has 0 amide bonds. The van der Waals surface area contributed by atoms with Crippen LogP contribution in [0.1, 0.15) is 17.3 Å². The lowest BCUT2D eigenvalue weighted by molar-refractivity contribution is 0.0714. The lowest BCUT2D eigenvalue weighted by Gasteiger charge is -2.14. The lowest BCUT2D eigenvalue weighted by atomic mass is 10.3. The number of nitrogens with two attached hydrogens (primary N) is 1. The number of hydrogen-bond acceptors (Lipinski definition) is 5. The van der Waals surface area contributed by atoms with Crippen LogP contribution in [0.4, 0.5) is 5.82 Å². The number of nitriles is 1. The summed E-state index contributed by atoms with van der Waals surface area (Å²) in [4.78, 5) is 12.2. The molecule has 0 saturated heterocycles. The predicted molar refractivity (Wildman–Crippen MR) is 73.5 cm³/mol. The van der Waals surface area contributed by atoms with Crippen molar-refractivity contribution >= 4 is 23.3 Å². The third kappa shape index (κ3) is 2.58. The summed E-state index contributed by atoms with van der Waals surface area (Å²) >= 11 is 5.95. The molecule has 0 aliphatic carbocycles. The number of carbonyl (C=O) groups is 1. The molecule has 7 heteroatoms. The van der Waals surface area contributed by atoms with Crippen molar-refractivity contribution in [1.29, 1.82) is 5.26 Å². The van der Waals surface area contributed by atoms with Gasteiger partial charge in [-0.2, -0.15) is 15.0 Å². The Balaban J connectivity index is 2.19. The highest BCUT2D eigenvalue weighted by molar-refractivity contribution is 6.32. The summed E-state index contributed by atoms with van der Waals surface area (Å²) in [7, 11) is 0. The van der Waals surface area contributed by atoms with Crippen molar-refractivity contribution in [3.8, 4) is 11.8 Å². The monoisotopic (exact) mass is 290 g/mol. The van der Waals surface area contributed by atoms with Gasteiger partial charge in [-0.1, -0.05) is 23.7 Å². The number of anilines is 1. The Labute approximate surface area is 120 Å². The standard InChI is InChI=1S/C13H11ClN4O2/c1-8(20-11-5-3-2-4-10(11)14)13(19)18-12(16)9(6-15)7-17-18/h2-5,7-8H,16H2,1H3. The highest BCUT2D eigenvalue weighted by Gasteiger charge is 2.22. The molecule has 102 valence electrons. The van der Waals surface area contributed by atoms with Gasteiger partial charge in [0.15, 0.2) is 6.10 Å². The number of nitrogens with zero attached hydrogens (tertiary/aromatic N) is 3. The molecular weight excluding hydrogens is 280 g/mol. The van der Waals surface area contributed by atoms with Crippen molar-refractivity contribution in [3.63, 3.8) is 0 Å². The molecule has 1 aromatic heterocycles. The minimum atomic E-state index is -0.844. The molecule has 0 aliphatic rings. The number of ether oxygens (including phenoxy) is 1. The van der Waals surface area contributed by atoms with Crippen molar-refractivity contribution in [2.45, 2.75) is 13.0 Å². The molecule has 0 saturated carbocycles. The van der Waals surface area contributed by atoms with Gasteiger partial charge in [0, 0.05) is 0 Å². The maximum atomic E-state index is 12.2. The molecule has 0 fully saturated rings. The molecule has 1 heterocycles. The molecule has 2 rings (SSSR count). The molecule has 6 nitrogen and oxygen atoms in total. The fourth-order valence-corrected chi connectivity index (χ4v) is 1.75. The Morgan fingerprint density at radius 2 is 2.25 bits per heavy atom. The first-order valence-corrected chi connectivity index (χ1v) is 6.11. The summed E-state index contributed by atoms with van der Waals surface area (Å²) in [5.74, 6) is -0.0997. The highest BCUT2D eigenvalue weighted by Crippen LogP contribution is 2.24. The van der Waals surface area contributed by atoms with E-state index in [1.165, 1.54) is 6.20 Å². The lowest BCUT2D eigenvalue weighted by Crippen LogP contribution is -2.31. The largest absolute Gasteiger partial charge is 0.479 e. The van der Waals surface area contributed by atoms with Crippen LogP contribution in [0.5, 0.6) is 5.75 Å². The molecule has 0 aliphatic heterocycles. The maximum absolute atomic E-state index is 12.2. The first-order valence-electron chi connectivity index (χ1n) is 5.73. The van der Waals surface area contributed by atoms with Crippen LogP contribution in [0.2, 0.25) is 5.02 Å².